The Kier molecular flexibility index (Phi) is 7.25. The lowest BCUT2D eigenvalue weighted by Crippen LogP contribution is -2.78. The van der Waals surface area contributed by atoms with Gasteiger partial charge in [0.2, 0.25) is 15.9 Å². The van der Waals surface area contributed by atoms with Crippen LogP contribution in [0.2, 0.25) is 0 Å². The number of amides is 1. The van der Waals surface area contributed by atoms with Crippen molar-refractivity contribution in [3.63, 3.8) is 0 Å². The van der Waals surface area contributed by atoms with Gasteiger partial charge in [0.1, 0.15) is 11.7 Å². The molecule has 2 aromatic rings. The topological polar surface area (TPSA) is 90.9 Å². The molecule has 1 aliphatic heterocycles. The van der Waals surface area contributed by atoms with E-state index in [1.54, 1.807) is 0 Å². The molecule has 2 N–H and O–H groups in total. The van der Waals surface area contributed by atoms with Crippen molar-refractivity contribution in [2.45, 2.75) is 87.6 Å². The molecule has 222 valence electrons. The Morgan fingerprint density at radius 1 is 1.07 bits per heavy atom. The van der Waals surface area contributed by atoms with E-state index >= 15 is 0 Å². The molecule has 3 aliphatic carbocycles. The average Bonchev–Trinajstić information content (AvgIpc) is 3.16. The van der Waals surface area contributed by atoms with Crippen LogP contribution in [-0.4, -0.2) is 48.1 Å². The summed E-state index contributed by atoms with van der Waals surface area (Å²) < 4.78 is 82.0. The summed E-state index contributed by atoms with van der Waals surface area (Å²) in [5.74, 6) is -0.0484. The van der Waals surface area contributed by atoms with E-state index in [1.807, 2.05) is 20.8 Å². The Balaban J connectivity index is 1.40. The minimum atomic E-state index is -4.51. The first-order chi connectivity index (χ1) is 19.1. The zero-order valence-corrected chi connectivity index (χ0v) is 24.0. The van der Waals surface area contributed by atoms with E-state index in [9.17, 15) is 30.8 Å². The van der Waals surface area contributed by atoms with Crippen LogP contribution in [0.1, 0.15) is 64.0 Å². The van der Waals surface area contributed by atoms with Crippen LogP contribution in [0.25, 0.3) is 0 Å². The highest BCUT2D eigenvalue weighted by molar-refractivity contribution is 7.89. The second-order valence-electron chi connectivity index (χ2n) is 12.1. The molecule has 1 amide bonds. The summed E-state index contributed by atoms with van der Waals surface area (Å²) in [5, 5.41) is 6.35. The number of amidine groups is 1. The number of carbonyl (C=O) groups is 1. The van der Waals surface area contributed by atoms with Crippen molar-refractivity contribution in [3.05, 3.63) is 65.5 Å². The number of carbonyl (C=O) groups excluding carboxylic acids is 1. The summed E-state index contributed by atoms with van der Waals surface area (Å²) >= 11 is 0. The lowest BCUT2D eigenvalue weighted by Gasteiger charge is -2.73. The molecule has 1 heterocycles. The van der Waals surface area contributed by atoms with Crippen molar-refractivity contribution < 1.29 is 30.8 Å². The van der Waals surface area contributed by atoms with Gasteiger partial charge in [0, 0.05) is 24.0 Å². The number of nitrogens with one attached hydrogen (secondary N) is 2. The van der Waals surface area contributed by atoms with E-state index in [2.05, 4.69) is 10.6 Å². The monoisotopic (exact) mass is 594 g/mol. The SMILES string of the molecule is CCCCNC(=O)[C@@H]1N=C(C23CC(N(Cc4ccc(C(F)(F)F)cc4)S(=O)(=O)c4ccc(F)cc4)(C2)C3)NC1(C)C. The molecular weight excluding hydrogens is 560 g/mol. The van der Waals surface area contributed by atoms with Crippen LogP contribution in [0.15, 0.2) is 58.4 Å². The quantitative estimate of drug-likeness (QED) is 0.299. The van der Waals surface area contributed by atoms with E-state index in [1.165, 1.54) is 28.6 Å². The zero-order chi connectivity index (χ0) is 29.8. The molecule has 3 fully saturated rings. The van der Waals surface area contributed by atoms with Gasteiger partial charge < -0.3 is 10.6 Å². The number of sulfonamides is 1. The number of hydrogen-bond acceptors (Lipinski definition) is 5. The highest BCUT2D eigenvalue weighted by Gasteiger charge is 2.75. The summed E-state index contributed by atoms with van der Waals surface area (Å²) in [6.07, 6.45) is -1.33. The normalized spacial score (nSPS) is 26.5. The van der Waals surface area contributed by atoms with Crippen molar-refractivity contribution in [1.29, 1.82) is 0 Å². The molecule has 12 heteroatoms. The fourth-order valence-corrected chi connectivity index (χ4v) is 8.05. The van der Waals surface area contributed by atoms with Crippen molar-refractivity contribution in [1.82, 2.24) is 14.9 Å². The molecule has 0 aromatic heterocycles. The predicted molar refractivity (Wildman–Crippen MR) is 146 cm³/mol. The largest absolute Gasteiger partial charge is 0.416 e. The fourth-order valence-electron chi connectivity index (χ4n) is 6.29. The minimum absolute atomic E-state index is 0.0918. The van der Waals surface area contributed by atoms with Crippen LogP contribution in [0.4, 0.5) is 17.6 Å². The van der Waals surface area contributed by atoms with Crippen LogP contribution >= 0.6 is 0 Å². The van der Waals surface area contributed by atoms with Gasteiger partial charge in [-0.15, -0.1) is 0 Å². The summed E-state index contributed by atoms with van der Waals surface area (Å²) in [7, 11) is -4.13. The smallest absolute Gasteiger partial charge is 0.366 e. The molecule has 1 atom stereocenters. The summed E-state index contributed by atoms with van der Waals surface area (Å²) in [6.45, 7) is 6.29. The lowest BCUT2D eigenvalue weighted by atomic mass is 9.38. The lowest BCUT2D eigenvalue weighted by molar-refractivity contribution is -0.151. The van der Waals surface area contributed by atoms with Gasteiger partial charge in [-0.2, -0.15) is 17.5 Å². The molecule has 4 aliphatic rings. The maximum absolute atomic E-state index is 13.9. The molecule has 0 saturated heterocycles. The average molecular weight is 595 g/mol. The summed E-state index contributed by atoms with van der Waals surface area (Å²) in [4.78, 5) is 17.5. The third kappa shape index (κ3) is 5.24. The third-order valence-corrected chi connectivity index (χ3v) is 10.5. The molecular formula is C29H34F4N4O3S. The highest BCUT2D eigenvalue weighted by atomic mass is 32.2. The molecule has 41 heavy (non-hydrogen) atoms. The molecule has 7 nitrogen and oxygen atoms in total. The maximum Gasteiger partial charge on any atom is 0.416 e. The number of unbranched alkanes of at least 4 members (excludes halogenated alkanes) is 1. The van der Waals surface area contributed by atoms with E-state index in [-0.39, 0.29) is 17.3 Å². The van der Waals surface area contributed by atoms with Crippen LogP contribution in [0.5, 0.6) is 0 Å². The number of halogens is 4. The molecule has 6 rings (SSSR count). The van der Waals surface area contributed by atoms with Gasteiger partial charge in [-0.1, -0.05) is 25.5 Å². The number of alkyl halides is 3. The van der Waals surface area contributed by atoms with Gasteiger partial charge in [0.05, 0.1) is 16.0 Å². The van der Waals surface area contributed by atoms with Gasteiger partial charge in [-0.25, -0.2) is 12.8 Å². The number of hydrogen-bond donors (Lipinski definition) is 2. The van der Waals surface area contributed by atoms with E-state index in [0.717, 1.165) is 37.1 Å². The zero-order valence-electron chi connectivity index (χ0n) is 23.2. The number of aliphatic imine (C=N–C) groups is 1. The van der Waals surface area contributed by atoms with Crippen molar-refractivity contribution in [2.75, 3.05) is 6.54 Å². The molecule has 2 aromatic carbocycles. The van der Waals surface area contributed by atoms with Crippen molar-refractivity contribution >= 4 is 21.8 Å². The van der Waals surface area contributed by atoms with Gasteiger partial charge in [0.15, 0.2) is 6.04 Å². The van der Waals surface area contributed by atoms with Gasteiger partial charge >= 0.3 is 6.18 Å². The summed E-state index contributed by atoms with van der Waals surface area (Å²) in [5.41, 5.74) is -2.21. The van der Waals surface area contributed by atoms with E-state index in [4.69, 9.17) is 4.99 Å². The second-order valence-corrected chi connectivity index (χ2v) is 13.9. The highest BCUT2D eigenvalue weighted by Crippen LogP contribution is 2.71. The number of rotatable bonds is 10. The first-order valence-corrected chi connectivity index (χ1v) is 15.1. The van der Waals surface area contributed by atoms with Crippen LogP contribution in [0, 0.1) is 11.2 Å². The van der Waals surface area contributed by atoms with Crippen LogP contribution in [0.3, 0.4) is 0 Å². The van der Waals surface area contributed by atoms with Gasteiger partial charge in [-0.3, -0.25) is 9.79 Å². The summed E-state index contributed by atoms with van der Waals surface area (Å²) in [6, 6.07) is 8.34. The maximum atomic E-state index is 13.9. The Morgan fingerprint density at radius 2 is 1.68 bits per heavy atom. The fraction of sp³-hybridized carbons (Fsp3) is 0.517. The van der Waals surface area contributed by atoms with Crippen LogP contribution < -0.4 is 10.6 Å². The Hall–Kier alpha value is -2.99. The van der Waals surface area contributed by atoms with E-state index in [0.29, 0.717) is 37.2 Å². The molecule has 0 spiro atoms. The van der Waals surface area contributed by atoms with Gasteiger partial charge in [-0.05, 0) is 81.5 Å². The molecule has 0 unspecified atom stereocenters. The Morgan fingerprint density at radius 3 is 2.24 bits per heavy atom. The first kappa shape index (κ1) is 29.5. The van der Waals surface area contributed by atoms with Gasteiger partial charge in [0.25, 0.3) is 0 Å². The predicted octanol–water partition coefficient (Wildman–Crippen LogP) is 5.02. The number of nitrogens with zero attached hydrogens (tertiary/aromatic N) is 2. The van der Waals surface area contributed by atoms with Crippen molar-refractivity contribution in [3.8, 4) is 0 Å². The molecule has 3 saturated carbocycles. The minimum Gasteiger partial charge on any atom is -0.366 e. The van der Waals surface area contributed by atoms with Crippen LogP contribution in [-0.2, 0) is 27.5 Å². The Bertz CT molecular complexity index is 1430. The number of benzene rings is 2. The molecule has 2 bridgehead atoms. The molecule has 0 radical (unpaired) electrons. The first-order valence-electron chi connectivity index (χ1n) is 13.7. The van der Waals surface area contributed by atoms with E-state index < -0.39 is 50.1 Å². The second kappa shape index (κ2) is 10.1. The standard InChI is InChI=1S/C29H34F4N4O3S/c1-4-5-14-34-24(38)23-26(2,3)36-25(35-23)27-16-28(17-27,18-27)37(41(39,40)22-12-10-21(30)11-13-22)15-19-6-8-20(9-7-19)29(31,32)33/h6-13,23H,4-5,14-18H2,1-3H3,(H,34,38)(H,35,36)/t23-,27?,28?/m0/s1. The third-order valence-electron chi connectivity index (χ3n) is 8.50. The van der Waals surface area contributed by atoms with Crippen molar-refractivity contribution in [2.24, 2.45) is 10.4 Å². The Labute approximate surface area is 237 Å².